The van der Waals surface area contributed by atoms with Gasteiger partial charge in [-0.2, -0.15) is 4.98 Å². The second kappa shape index (κ2) is 5.56. The number of hydrogen-bond donors (Lipinski definition) is 2. The van der Waals surface area contributed by atoms with E-state index in [2.05, 4.69) is 10.1 Å². The van der Waals surface area contributed by atoms with Crippen LogP contribution >= 0.6 is 0 Å². The van der Waals surface area contributed by atoms with Gasteiger partial charge in [-0.3, -0.25) is 10.2 Å². The number of nitrogens with one attached hydrogen (secondary N) is 1. The summed E-state index contributed by atoms with van der Waals surface area (Å²) in [5.41, 5.74) is 4.91. The minimum atomic E-state index is -0.616. The molecular formula is C15H12N4O2. The summed E-state index contributed by atoms with van der Waals surface area (Å²) in [6.07, 6.45) is 0. The molecule has 0 aliphatic rings. The molecule has 1 amide bonds. The van der Waals surface area contributed by atoms with E-state index in [1.807, 2.05) is 60.0 Å². The summed E-state index contributed by atoms with van der Waals surface area (Å²) in [5.74, 6) is 4.57. The van der Waals surface area contributed by atoms with Crippen LogP contribution in [0.3, 0.4) is 0 Å². The van der Waals surface area contributed by atoms with Gasteiger partial charge in [0, 0.05) is 5.56 Å². The van der Waals surface area contributed by atoms with Crippen LogP contribution in [0.25, 0.3) is 22.5 Å². The zero-order valence-corrected chi connectivity index (χ0v) is 11.0. The van der Waals surface area contributed by atoms with Gasteiger partial charge < -0.3 is 4.52 Å². The third kappa shape index (κ3) is 2.65. The van der Waals surface area contributed by atoms with Gasteiger partial charge in [-0.15, -0.1) is 0 Å². The van der Waals surface area contributed by atoms with Crippen LogP contribution in [0, 0.1) is 0 Å². The summed E-state index contributed by atoms with van der Waals surface area (Å²) in [5, 5.41) is 3.76. The van der Waals surface area contributed by atoms with Crippen molar-refractivity contribution in [3.63, 3.8) is 0 Å². The van der Waals surface area contributed by atoms with E-state index in [9.17, 15) is 4.79 Å². The highest BCUT2D eigenvalue weighted by Crippen LogP contribution is 2.23. The largest absolute Gasteiger partial charge is 0.328 e. The minimum absolute atomic E-state index is 0.167. The molecule has 3 aromatic rings. The minimum Gasteiger partial charge on any atom is -0.328 e. The number of nitrogens with zero attached hydrogens (tertiary/aromatic N) is 2. The highest BCUT2D eigenvalue weighted by Gasteiger charge is 2.14. The van der Waals surface area contributed by atoms with Crippen LogP contribution in [-0.4, -0.2) is 16.0 Å². The van der Waals surface area contributed by atoms with Crippen molar-refractivity contribution in [1.29, 1.82) is 0 Å². The van der Waals surface area contributed by atoms with Gasteiger partial charge in [-0.1, -0.05) is 59.8 Å². The van der Waals surface area contributed by atoms with Crippen LogP contribution in [0.2, 0.25) is 0 Å². The zero-order valence-electron chi connectivity index (χ0n) is 11.0. The first-order chi connectivity index (χ1) is 10.3. The number of hydrazine groups is 1. The van der Waals surface area contributed by atoms with Crippen molar-refractivity contribution < 1.29 is 9.32 Å². The highest BCUT2D eigenvalue weighted by molar-refractivity contribution is 5.89. The lowest BCUT2D eigenvalue weighted by atomic mass is 10.0. The lowest BCUT2D eigenvalue weighted by molar-refractivity contribution is 0.0910. The van der Waals surface area contributed by atoms with Crippen LogP contribution in [0.1, 0.15) is 10.7 Å². The number of nitrogen functional groups attached to an aromatic ring is 1. The molecule has 0 aliphatic heterocycles. The zero-order chi connectivity index (χ0) is 14.7. The molecule has 104 valence electrons. The van der Waals surface area contributed by atoms with Crippen molar-refractivity contribution in [3.8, 4) is 22.5 Å². The first kappa shape index (κ1) is 13.0. The number of nitrogens with two attached hydrogens (primary N) is 1. The van der Waals surface area contributed by atoms with Crippen LogP contribution in [0.4, 0.5) is 0 Å². The maximum atomic E-state index is 11.3. The van der Waals surface area contributed by atoms with E-state index in [4.69, 9.17) is 10.4 Å². The Balaban J connectivity index is 1.87. The molecule has 6 heteroatoms. The lowest BCUT2D eigenvalue weighted by Crippen LogP contribution is -2.30. The van der Waals surface area contributed by atoms with Crippen molar-refractivity contribution >= 4 is 5.91 Å². The van der Waals surface area contributed by atoms with Gasteiger partial charge in [-0.25, -0.2) is 5.84 Å². The van der Waals surface area contributed by atoms with Crippen molar-refractivity contribution in [3.05, 3.63) is 60.5 Å². The van der Waals surface area contributed by atoms with E-state index in [0.717, 1.165) is 16.7 Å². The Morgan fingerprint density at radius 3 is 2.24 bits per heavy atom. The summed E-state index contributed by atoms with van der Waals surface area (Å²) in [4.78, 5) is 15.2. The van der Waals surface area contributed by atoms with Crippen LogP contribution < -0.4 is 11.3 Å². The number of benzene rings is 2. The molecule has 0 fully saturated rings. The maximum absolute atomic E-state index is 11.3. The standard InChI is InChI=1S/C15H12N4O2/c16-18-14(20)15-17-13(19-21-15)12-8-6-11(7-9-12)10-4-2-1-3-5-10/h1-9H,16H2,(H,18,20). The predicted molar refractivity (Wildman–Crippen MR) is 76.8 cm³/mol. The Hall–Kier alpha value is -2.99. The number of carbonyl (C=O) groups excluding carboxylic acids is 1. The number of rotatable bonds is 3. The van der Waals surface area contributed by atoms with E-state index in [-0.39, 0.29) is 5.89 Å². The van der Waals surface area contributed by atoms with Crippen molar-refractivity contribution in [2.45, 2.75) is 0 Å². The van der Waals surface area contributed by atoms with Gasteiger partial charge in [0.15, 0.2) is 0 Å². The van der Waals surface area contributed by atoms with E-state index in [1.165, 1.54) is 0 Å². The molecule has 0 spiro atoms. The Morgan fingerprint density at radius 2 is 1.57 bits per heavy atom. The Bertz CT molecular complexity index is 751. The molecule has 0 atom stereocenters. The molecular weight excluding hydrogens is 268 g/mol. The van der Waals surface area contributed by atoms with Crippen LogP contribution in [0.5, 0.6) is 0 Å². The Kier molecular flexibility index (Phi) is 3.44. The normalized spacial score (nSPS) is 10.3. The van der Waals surface area contributed by atoms with Gasteiger partial charge in [0.1, 0.15) is 0 Å². The fraction of sp³-hybridized carbons (Fsp3) is 0. The topological polar surface area (TPSA) is 94.0 Å². The van der Waals surface area contributed by atoms with E-state index in [1.54, 1.807) is 0 Å². The molecule has 21 heavy (non-hydrogen) atoms. The Morgan fingerprint density at radius 1 is 0.952 bits per heavy atom. The SMILES string of the molecule is NNC(=O)c1nc(-c2ccc(-c3ccccc3)cc2)no1. The highest BCUT2D eigenvalue weighted by atomic mass is 16.5. The maximum Gasteiger partial charge on any atom is 0.323 e. The van der Waals surface area contributed by atoms with Crippen molar-refractivity contribution in [2.24, 2.45) is 5.84 Å². The lowest BCUT2D eigenvalue weighted by Gasteiger charge is -2.01. The van der Waals surface area contributed by atoms with Gasteiger partial charge in [0.2, 0.25) is 5.82 Å². The van der Waals surface area contributed by atoms with Crippen molar-refractivity contribution in [1.82, 2.24) is 15.6 Å². The van der Waals surface area contributed by atoms with Gasteiger partial charge in [0.05, 0.1) is 0 Å². The number of aromatic nitrogens is 2. The molecule has 0 radical (unpaired) electrons. The first-order valence-electron chi connectivity index (χ1n) is 6.28. The first-order valence-corrected chi connectivity index (χ1v) is 6.28. The molecule has 6 nitrogen and oxygen atoms in total. The smallest absolute Gasteiger partial charge is 0.323 e. The fourth-order valence-electron chi connectivity index (χ4n) is 1.94. The molecule has 0 saturated heterocycles. The molecule has 1 aromatic heterocycles. The molecule has 3 rings (SSSR count). The summed E-state index contributed by atoms with van der Waals surface area (Å²) in [6, 6.07) is 17.7. The van der Waals surface area contributed by atoms with E-state index >= 15 is 0 Å². The van der Waals surface area contributed by atoms with Crippen LogP contribution in [0.15, 0.2) is 59.1 Å². The third-order valence-corrected chi connectivity index (χ3v) is 3.00. The van der Waals surface area contributed by atoms with Gasteiger partial charge in [0.25, 0.3) is 0 Å². The van der Waals surface area contributed by atoms with E-state index < -0.39 is 5.91 Å². The average Bonchev–Trinajstić information content (AvgIpc) is 3.05. The molecule has 0 aliphatic carbocycles. The predicted octanol–water partition coefficient (Wildman–Crippen LogP) is 2.01. The number of hydrogen-bond acceptors (Lipinski definition) is 5. The van der Waals surface area contributed by atoms with Gasteiger partial charge in [-0.05, 0) is 11.1 Å². The van der Waals surface area contributed by atoms with Crippen LogP contribution in [-0.2, 0) is 0 Å². The van der Waals surface area contributed by atoms with E-state index in [0.29, 0.717) is 5.82 Å². The summed E-state index contributed by atoms with van der Waals surface area (Å²) < 4.78 is 4.83. The molecule has 3 N–H and O–H groups in total. The summed E-state index contributed by atoms with van der Waals surface area (Å²) in [7, 11) is 0. The fourth-order valence-corrected chi connectivity index (χ4v) is 1.94. The Labute approximate surface area is 120 Å². The third-order valence-electron chi connectivity index (χ3n) is 3.00. The van der Waals surface area contributed by atoms with Crippen molar-refractivity contribution in [2.75, 3.05) is 0 Å². The summed E-state index contributed by atoms with van der Waals surface area (Å²) >= 11 is 0. The monoisotopic (exact) mass is 280 g/mol. The van der Waals surface area contributed by atoms with Gasteiger partial charge >= 0.3 is 11.8 Å². The second-order valence-electron chi connectivity index (χ2n) is 4.34. The molecule has 0 unspecified atom stereocenters. The quantitative estimate of drug-likeness (QED) is 0.435. The number of amides is 1. The average molecular weight is 280 g/mol. The molecule has 2 aromatic carbocycles. The molecule has 0 saturated carbocycles. The molecule has 0 bridgehead atoms. The molecule has 1 heterocycles. The second-order valence-corrected chi connectivity index (χ2v) is 4.34. The summed E-state index contributed by atoms with van der Waals surface area (Å²) in [6.45, 7) is 0. The number of carbonyl (C=O) groups is 1.